The van der Waals surface area contributed by atoms with Gasteiger partial charge in [0.15, 0.2) is 0 Å². The first-order valence-corrected chi connectivity index (χ1v) is 6.91. The van der Waals surface area contributed by atoms with Gasteiger partial charge in [-0.2, -0.15) is 0 Å². The minimum absolute atomic E-state index is 0.0940. The van der Waals surface area contributed by atoms with Crippen LogP contribution in [0, 0.1) is 5.82 Å². The number of benzene rings is 1. The molecule has 1 heterocycles. The standard InChI is InChI=1S/C13H17BrFN3O/c1-8(16)6-18-7-12(17(2)13(18)19)10-5-9(14)3-4-11(10)15/h3-5,8,12H,6-7,16H2,1-2H3. The van der Waals surface area contributed by atoms with Crippen molar-refractivity contribution in [1.82, 2.24) is 9.80 Å². The van der Waals surface area contributed by atoms with Crippen LogP contribution in [0.15, 0.2) is 22.7 Å². The van der Waals surface area contributed by atoms with E-state index in [0.29, 0.717) is 18.7 Å². The summed E-state index contributed by atoms with van der Waals surface area (Å²) in [6, 6.07) is 4.30. The molecular formula is C13H17BrFN3O. The lowest BCUT2D eigenvalue weighted by molar-refractivity contribution is 0.194. The number of likely N-dealkylation sites (N-methyl/N-ethyl adjacent to an activating group) is 1. The molecule has 0 spiro atoms. The van der Waals surface area contributed by atoms with Crippen LogP contribution in [0.25, 0.3) is 0 Å². The van der Waals surface area contributed by atoms with E-state index < -0.39 is 0 Å². The average Bonchev–Trinajstić information content (AvgIpc) is 2.60. The highest BCUT2D eigenvalue weighted by molar-refractivity contribution is 9.10. The van der Waals surface area contributed by atoms with E-state index in [-0.39, 0.29) is 23.9 Å². The summed E-state index contributed by atoms with van der Waals surface area (Å²) in [6.45, 7) is 2.79. The molecule has 0 aliphatic carbocycles. The average molecular weight is 330 g/mol. The molecule has 19 heavy (non-hydrogen) atoms. The van der Waals surface area contributed by atoms with Gasteiger partial charge in [0, 0.05) is 36.2 Å². The van der Waals surface area contributed by atoms with Crippen molar-refractivity contribution in [2.24, 2.45) is 5.73 Å². The number of nitrogens with zero attached hydrogens (tertiary/aromatic N) is 2. The van der Waals surface area contributed by atoms with E-state index in [1.165, 1.54) is 6.07 Å². The maximum absolute atomic E-state index is 13.9. The summed E-state index contributed by atoms with van der Waals surface area (Å²) in [5.41, 5.74) is 6.25. The molecule has 2 unspecified atom stereocenters. The van der Waals surface area contributed by atoms with Crippen LogP contribution in [0.2, 0.25) is 0 Å². The van der Waals surface area contributed by atoms with Gasteiger partial charge >= 0.3 is 6.03 Å². The Morgan fingerprint density at radius 3 is 2.89 bits per heavy atom. The number of halogens is 2. The second-order valence-electron chi connectivity index (χ2n) is 4.96. The number of carbonyl (C=O) groups excluding carboxylic acids is 1. The SMILES string of the molecule is CC(N)CN1CC(c2cc(Br)ccc2F)N(C)C1=O. The molecule has 2 atom stereocenters. The lowest BCUT2D eigenvalue weighted by atomic mass is 10.1. The van der Waals surface area contributed by atoms with Gasteiger partial charge in [-0.25, -0.2) is 9.18 Å². The Labute approximate surface area is 120 Å². The van der Waals surface area contributed by atoms with E-state index >= 15 is 0 Å². The monoisotopic (exact) mass is 329 g/mol. The van der Waals surface area contributed by atoms with Crippen LogP contribution in [-0.4, -0.2) is 42.0 Å². The second-order valence-corrected chi connectivity index (χ2v) is 5.87. The van der Waals surface area contributed by atoms with Gasteiger partial charge < -0.3 is 15.5 Å². The van der Waals surface area contributed by atoms with E-state index in [2.05, 4.69) is 15.9 Å². The third-order valence-electron chi connectivity index (χ3n) is 3.26. The van der Waals surface area contributed by atoms with Gasteiger partial charge in [-0.05, 0) is 25.1 Å². The van der Waals surface area contributed by atoms with Gasteiger partial charge in [0.25, 0.3) is 0 Å². The third-order valence-corrected chi connectivity index (χ3v) is 3.75. The van der Waals surface area contributed by atoms with Crippen molar-refractivity contribution in [3.63, 3.8) is 0 Å². The Kier molecular flexibility index (Phi) is 4.10. The number of amides is 2. The van der Waals surface area contributed by atoms with Crippen molar-refractivity contribution in [2.45, 2.75) is 19.0 Å². The lowest BCUT2D eigenvalue weighted by Crippen LogP contribution is -2.38. The zero-order valence-corrected chi connectivity index (χ0v) is 12.5. The molecule has 0 aromatic heterocycles. The quantitative estimate of drug-likeness (QED) is 0.925. The summed E-state index contributed by atoms with van der Waals surface area (Å²) in [5.74, 6) is -0.296. The second kappa shape index (κ2) is 5.46. The van der Waals surface area contributed by atoms with Crippen LogP contribution >= 0.6 is 15.9 Å². The van der Waals surface area contributed by atoms with Crippen LogP contribution < -0.4 is 5.73 Å². The van der Waals surface area contributed by atoms with Gasteiger partial charge in [-0.3, -0.25) is 0 Å². The molecule has 2 amide bonds. The Hall–Kier alpha value is -1.14. The Morgan fingerprint density at radius 1 is 1.58 bits per heavy atom. The summed E-state index contributed by atoms with van der Waals surface area (Å²) in [7, 11) is 1.69. The van der Waals surface area contributed by atoms with E-state index in [1.807, 2.05) is 6.92 Å². The molecule has 1 aliphatic heterocycles. The predicted molar refractivity (Wildman–Crippen MR) is 75.2 cm³/mol. The first-order chi connectivity index (χ1) is 8.90. The van der Waals surface area contributed by atoms with E-state index in [4.69, 9.17) is 5.73 Å². The number of carbonyl (C=O) groups is 1. The first kappa shape index (κ1) is 14.3. The zero-order chi connectivity index (χ0) is 14.2. The highest BCUT2D eigenvalue weighted by Gasteiger charge is 2.36. The highest BCUT2D eigenvalue weighted by atomic mass is 79.9. The molecular weight excluding hydrogens is 313 g/mol. The molecule has 1 aliphatic rings. The fourth-order valence-electron chi connectivity index (χ4n) is 2.34. The number of hydrogen-bond donors (Lipinski definition) is 1. The van der Waals surface area contributed by atoms with Crippen molar-refractivity contribution >= 4 is 22.0 Å². The number of hydrogen-bond acceptors (Lipinski definition) is 2. The fraction of sp³-hybridized carbons (Fsp3) is 0.462. The molecule has 1 aromatic carbocycles. The van der Waals surface area contributed by atoms with Gasteiger partial charge in [0.2, 0.25) is 0 Å². The fourth-order valence-corrected chi connectivity index (χ4v) is 2.72. The largest absolute Gasteiger partial charge is 0.326 e. The zero-order valence-electron chi connectivity index (χ0n) is 10.9. The Morgan fingerprint density at radius 2 is 2.26 bits per heavy atom. The van der Waals surface area contributed by atoms with E-state index in [0.717, 1.165) is 4.47 Å². The lowest BCUT2D eigenvalue weighted by Gasteiger charge is -2.18. The van der Waals surface area contributed by atoms with Crippen molar-refractivity contribution < 1.29 is 9.18 Å². The molecule has 0 radical (unpaired) electrons. The van der Waals surface area contributed by atoms with Gasteiger partial charge in [0.1, 0.15) is 5.82 Å². The van der Waals surface area contributed by atoms with Crippen molar-refractivity contribution in [1.29, 1.82) is 0 Å². The molecule has 1 saturated heterocycles. The van der Waals surface area contributed by atoms with Crippen molar-refractivity contribution in [2.75, 3.05) is 20.1 Å². The highest BCUT2D eigenvalue weighted by Crippen LogP contribution is 2.31. The summed E-state index contributed by atoms with van der Waals surface area (Å²) in [6.07, 6.45) is 0. The molecule has 1 aromatic rings. The van der Waals surface area contributed by atoms with Crippen LogP contribution in [0.5, 0.6) is 0 Å². The van der Waals surface area contributed by atoms with E-state index in [9.17, 15) is 9.18 Å². The summed E-state index contributed by atoms with van der Waals surface area (Å²) in [4.78, 5) is 15.3. The maximum atomic E-state index is 13.9. The Bertz CT molecular complexity index is 495. The number of urea groups is 1. The van der Waals surface area contributed by atoms with Crippen LogP contribution in [0.4, 0.5) is 9.18 Å². The molecule has 2 N–H and O–H groups in total. The topological polar surface area (TPSA) is 49.6 Å². The molecule has 6 heteroatoms. The Balaban J connectivity index is 2.26. The van der Waals surface area contributed by atoms with Crippen molar-refractivity contribution in [3.05, 3.63) is 34.1 Å². The molecule has 1 fully saturated rings. The van der Waals surface area contributed by atoms with Crippen LogP contribution in [0.1, 0.15) is 18.5 Å². The predicted octanol–water partition coefficient (Wildman–Crippen LogP) is 2.34. The maximum Gasteiger partial charge on any atom is 0.320 e. The first-order valence-electron chi connectivity index (χ1n) is 6.12. The molecule has 0 bridgehead atoms. The minimum Gasteiger partial charge on any atom is -0.326 e. The molecule has 0 saturated carbocycles. The normalized spacial score (nSPS) is 21.1. The molecule has 4 nitrogen and oxygen atoms in total. The minimum atomic E-state index is -0.296. The van der Waals surface area contributed by atoms with Crippen LogP contribution in [0.3, 0.4) is 0 Å². The van der Waals surface area contributed by atoms with Gasteiger partial charge in [-0.1, -0.05) is 15.9 Å². The number of nitrogens with two attached hydrogens (primary N) is 1. The molecule has 104 valence electrons. The van der Waals surface area contributed by atoms with E-state index in [1.54, 1.807) is 29.0 Å². The van der Waals surface area contributed by atoms with Crippen molar-refractivity contribution in [3.8, 4) is 0 Å². The smallest absolute Gasteiger partial charge is 0.320 e. The van der Waals surface area contributed by atoms with Gasteiger partial charge in [0.05, 0.1) is 6.04 Å². The molecule has 2 rings (SSSR count). The number of rotatable bonds is 3. The summed E-state index contributed by atoms with van der Waals surface area (Å²) in [5, 5.41) is 0. The van der Waals surface area contributed by atoms with Crippen LogP contribution in [-0.2, 0) is 0 Å². The third kappa shape index (κ3) is 2.90. The van der Waals surface area contributed by atoms with Gasteiger partial charge in [-0.15, -0.1) is 0 Å². The summed E-state index contributed by atoms with van der Waals surface area (Å²) >= 11 is 3.33. The summed E-state index contributed by atoms with van der Waals surface area (Å²) < 4.78 is 14.7.